The first-order chi connectivity index (χ1) is 11.1. The predicted molar refractivity (Wildman–Crippen MR) is 94.6 cm³/mol. The minimum absolute atomic E-state index is 0.469. The van der Waals surface area contributed by atoms with Crippen LogP contribution in [0.25, 0.3) is 11.3 Å². The van der Waals surface area contributed by atoms with E-state index in [2.05, 4.69) is 36.4 Å². The average molecular weight is 371 g/mol. The molecule has 116 valence electrons. The minimum atomic E-state index is 0.469. The third kappa shape index (κ3) is 3.84. The summed E-state index contributed by atoms with van der Waals surface area (Å²) in [4.78, 5) is 8.51. The molecule has 0 unspecified atom stereocenters. The smallest absolute Gasteiger partial charge is 0.243 e. The lowest BCUT2D eigenvalue weighted by Gasteiger charge is -2.01. The van der Waals surface area contributed by atoms with Gasteiger partial charge in [-0.25, -0.2) is 15.4 Å². The zero-order valence-corrected chi connectivity index (χ0v) is 14.3. The number of rotatable bonds is 4. The summed E-state index contributed by atoms with van der Waals surface area (Å²) >= 11 is 3.52. The van der Waals surface area contributed by atoms with E-state index in [1.54, 1.807) is 6.21 Å². The normalized spacial score (nSPS) is 11.1. The van der Waals surface area contributed by atoms with E-state index in [-0.39, 0.29) is 0 Å². The maximum Gasteiger partial charge on any atom is 0.243 e. The molecule has 3 aromatic rings. The van der Waals surface area contributed by atoms with Crippen LogP contribution in [0.4, 0.5) is 5.95 Å². The fourth-order valence-corrected chi connectivity index (χ4v) is 2.64. The number of halogens is 1. The summed E-state index contributed by atoms with van der Waals surface area (Å²) in [7, 11) is 0. The molecule has 5 nitrogen and oxygen atoms in total. The summed E-state index contributed by atoms with van der Waals surface area (Å²) in [5.74, 6) is 1.89. The lowest BCUT2D eigenvalue weighted by Crippen LogP contribution is -1.99. The van der Waals surface area contributed by atoms with Gasteiger partial charge < -0.3 is 4.42 Å². The van der Waals surface area contributed by atoms with Crippen molar-refractivity contribution in [3.05, 3.63) is 64.1 Å². The molecule has 1 aromatic carbocycles. The van der Waals surface area contributed by atoms with Crippen molar-refractivity contribution in [2.45, 2.75) is 13.8 Å². The van der Waals surface area contributed by atoms with E-state index in [1.165, 1.54) is 0 Å². The van der Waals surface area contributed by atoms with Gasteiger partial charge in [-0.2, -0.15) is 5.10 Å². The quantitative estimate of drug-likeness (QED) is 0.539. The van der Waals surface area contributed by atoms with Crippen LogP contribution in [0, 0.1) is 13.8 Å². The van der Waals surface area contributed by atoms with Gasteiger partial charge in [-0.1, -0.05) is 34.1 Å². The Morgan fingerprint density at radius 1 is 1.09 bits per heavy atom. The maximum atomic E-state index is 5.78. The van der Waals surface area contributed by atoms with Gasteiger partial charge in [0.1, 0.15) is 11.5 Å². The number of anilines is 1. The van der Waals surface area contributed by atoms with Crippen molar-refractivity contribution in [2.75, 3.05) is 5.43 Å². The molecule has 0 bridgehead atoms. The van der Waals surface area contributed by atoms with E-state index in [0.29, 0.717) is 11.7 Å². The molecule has 6 heteroatoms. The molecule has 2 aromatic heterocycles. The summed E-state index contributed by atoms with van der Waals surface area (Å²) in [6.45, 7) is 3.83. The third-order valence-corrected chi connectivity index (χ3v) is 3.80. The number of hydrogen-bond donors (Lipinski definition) is 1. The Labute approximate surface area is 142 Å². The number of nitrogens with one attached hydrogen (secondary N) is 1. The second kappa shape index (κ2) is 6.75. The summed E-state index contributed by atoms with van der Waals surface area (Å²) in [5, 5.41) is 4.12. The van der Waals surface area contributed by atoms with Crippen LogP contribution in [0.2, 0.25) is 0 Å². The Balaban J connectivity index is 1.73. The van der Waals surface area contributed by atoms with Crippen molar-refractivity contribution in [1.82, 2.24) is 9.97 Å². The molecule has 0 saturated carbocycles. The van der Waals surface area contributed by atoms with Crippen LogP contribution in [0.15, 0.2) is 56.5 Å². The molecule has 0 aliphatic heterocycles. The minimum Gasteiger partial charge on any atom is -0.455 e. The molecule has 0 aliphatic carbocycles. The molecule has 0 saturated heterocycles. The molecule has 0 atom stereocenters. The molecule has 0 aliphatic rings. The highest BCUT2D eigenvalue weighted by atomic mass is 79.9. The van der Waals surface area contributed by atoms with Gasteiger partial charge >= 0.3 is 0 Å². The molecule has 2 heterocycles. The van der Waals surface area contributed by atoms with Gasteiger partial charge in [-0.3, -0.25) is 0 Å². The number of benzene rings is 1. The Hall–Kier alpha value is -2.47. The SMILES string of the molecule is Cc1cc(C)nc(N/N=C\c2ccc(-c3ccccc3Br)o2)n1. The number of hydrogen-bond acceptors (Lipinski definition) is 5. The molecular formula is C17H15BrN4O. The fraction of sp³-hybridized carbons (Fsp3) is 0.118. The largest absolute Gasteiger partial charge is 0.455 e. The first-order valence-electron chi connectivity index (χ1n) is 7.08. The first kappa shape index (κ1) is 15.4. The van der Waals surface area contributed by atoms with Gasteiger partial charge in [-0.15, -0.1) is 0 Å². The summed E-state index contributed by atoms with van der Waals surface area (Å²) in [5.41, 5.74) is 5.60. The van der Waals surface area contributed by atoms with Crippen LogP contribution in [0.1, 0.15) is 17.1 Å². The topological polar surface area (TPSA) is 63.3 Å². The maximum absolute atomic E-state index is 5.78. The summed E-state index contributed by atoms with van der Waals surface area (Å²) in [6.07, 6.45) is 1.60. The van der Waals surface area contributed by atoms with Crippen molar-refractivity contribution in [2.24, 2.45) is 5.10 Å². The van der Waals surface area contributed by atoms with Gasteiger partial charge in [-0.05, 0) is 38.1 Å². The standard InChI is InChI=1S/C17H15BrN4O/c1-11-9-12(2)21-17(20-11)22-19-10-13-7-8-16(23-13)14-5-3-4-6-15(14)18/h3-10H,1-2H3,(H,20,21,22)/b19-10-. The van der Waals surface area contributed by atoms with E-state index in [4.69, 9.17) is 4.42 Å². The third-order valence-electron chi connectivity index (χ3n) is 3.10. The second-order valence-electron chi connectivity index (χ2n) is 5.03. The number of hydrazone groups is 1. The highest BCUT2D eigenvalue weighted by Gasteiger charge is 2.06. The lowest BCUT2D eigenvalue weighted by molar-refractivity contribution is 0.574. The van der Waals surface area contributed by atoms with E-state index < -0.39 is 0 Å². The van der Waals surface area contributed by atoms with Gasteiger partial charge in [0.15, 0.2) is 0 Å². The number of furan rings is 1. The number of nitrogens with zero attached hydrogens (tertiary/aromatic N) is 3. The first-order valence-corrected chi connectivity index (χ1v) is 7.87. The van der Waals surface area contributed by atoms with Crippen LogP contribution in [0.5, 0.6) is 0 Å². The molecule has 0 fully saturated rings. The molecular weight excluding hydrogens is 356 g/mol. The molecule has 23 heavy (non-hydrogen) atoms. The van der Waals surface area contributed by atoms with Crippen molar-refractivity contribution >= 4 is 28.1 Å². The Morgan fingerprint density at radius 3 is 2.57 bits per heavy atom. The predicted octanol–water partition coefficient (Wildman–Crippen LogP) is 4.56. The summed E-state index contributed by atoms with van der Waals surface area (Å²) < 4.78 is 6.76. The van der Waals surface area contributed by atoms with Gasteiger partial charge in [0.2, 0.25) is 5.95 Å². The van der Waals surface area contributed by atoms with Crippen molar-refractivity contribution in [3.8, 4) is 11.3 Å². The van der Waals surface area contributed by atoms with Crippen LogP contribution < -0.4 is 5.43 Å². The van der Waals surface area contributed by atoms with Crippen LogP contribution >= 0.6 is 15.9 Å². The number of aromatic nitrogens is 2. The monoisotopic (exact) mass is 370 g/mol. The molecule has 0 radical (unpaired) electrons. The van der Waals surface area contributed by atoms with E-state index in [9.17, 15) is 0 Å². The van der Waals surface area contributed by atoms with Crippen LogP contribution in [-0.4, -0.2) is 16.2 Å². The van der Waals surface area contributed by atoms with E-state index in [0.717, 1.165) is 27.2 Å². The molecule has 0 amide bonds. The van der Waals surface area contributed by atoms with E-state index in [1.807, 2.05) is 56.3 Å². The van der Waals surface area contributed by atoms with Crippen LogP contribution in [0.3, 0.4) is 0 Å². The highest BCUT2D eigenvalue weighted by molar-refractivity contribution is 9.10. The Bertz CT molecular complexity index is 837. The zero-order valence-electron chi connectivity index (χ0n) is 12.7. The fourth-order valence-electron chi connectivity index (χ4n) is 2.16. The highest BCUT2D eigenvalue weighted by Crippen LogP contribution is 2.28. The van der Waals surface area contributed by atoms with Crippen molar-refractivity contribution in [1.29, 1.82) is 0 Å². The van der Waals surface area contributed by atoms with Gasteiger partial charge in [0.25, 0.3) is 0 Å². The van der Waals surface area contributed by atoms with Crippen molar-refractivity contribution in [3.63, 3.8) is 0 Å². The van der Waals surface area contributed by atoms with Gasteiger partial charge in [0.05, 0.1) is 6.21 Å². The zero-order chi connectivity index (χ0) is 16.2. The van der Waals surface area contributed by atoms with Crippen LogP contribution in [-0.2, 0) is 0 Å². The summed E-state index contributed by atoms with van der Waals surface area (Å²) in [6, 6.07) is 13.6. The second-order valence-corrected chi connectivity index (χ2v) is 5.88. The Kier molecular flexibility index (Phi) is 4.52. The van der Waals surface area contributed by atoms with Crippen molar-refractivity contribution < 1.29 is 4.42 Å². The molecule has 1 N–H and O–H groups in total. The lowest BCUT2D eigenvalue weighted by atomic mass is 10.2. The van der Waals surface area contributed by atoms with E-state index >= 15 is 0 Å². The number of aryl methyl sites for hydroxylation is 2. The molecule has 3 rings (SSSR count). The van der Waals surface area contributed by atoms with Gasteiger partial charge in [0, 0.05) is 21.4 Å². The average Bonchev–Trinajstić information content (AvgIpc) is 2.95. The Morgan fingerprint density at radius 2 is 1.83 bits per heavy atom. The molecule has 0 spiro atoms.